The second kappa shape index (κ2) is 5.67. The maximum Gasteiger partial charge on any atom is 0.0409 e. The first-order valence-electron chi connectivity index (χ1n) is 5.67. The van der Waals surface area contributed by atoms with Crippen molar-refractivity contribution < 1.29 is 0 Å². The molecule has 0 saturated carbocycles. The van der Waals surface area contributed by atoms with Crippen molar-refractivity contribution >= 4 is 11.6 Å². The number of nitrogens with zero attached hydrogens (tertiary/aromatic N) is 1. The molecule has 0 aliphatic rings. The summed E-state index contributed by atoms with van der Waals surface area (Å²) in [6.45, 7) is 5.90. The third-order valence-corrected chi connectivity index (χ3v) is 3.67. The zero-order valence-corrected chi connectivity index (χ0v) is 11.1. The Morgan fingerprint density at radius 3 is 2.62 bits per heavy atom. The maximum atomic E-state index is 5.97. The molecule has 16 heavy (non-hydrogen) atoms. The molecule has 1 aromatic carbocycles. The van der Waals surface area contributed by atoms with Gasteiger partial charge in [-0.1, -0.05) is 30.7 Å². The average molecular weight is 241 g/mol. The van der Waals surface area contributed by atoms with Crippen molar-refractivity contribution in [1.29, 1.82) is 0 Å². The first-order chi connectivity index (χ1) is 7.51. The smallest absolute Gasteiger partial charge is 0.0409 e. The lowest BCUT2D eigenvalue weighted by atomic mass is 9.96. The molecule has 0 aliphatic carbocycles. The van der Waals surface area contributed by atoms with Crippen LogP contribution in [0.2, 0.25) is 5.02 Å². The molecule has 0 radical (unpaired) electrons. The van der Waals surface area contributed by atoms with E-state index in [0.717, 1.165) is 18.0 Å². The predicted octanol–water partition coefficient (Wildman–Crippen LogP) is 2.90. The SMILES string of the molecule is CCC(C)(CN)N(C)Cc1cccc(Cl)c1. The fraction of sp³-hybridized carbons (Fsp3) is 0.538. The summed E-state index contributed by atoms with van der Waals surface area (Å²) in [7, 11) is 2.11. The standard InChI is InChI=1S/C13H21ClN2/c1-4-13(2,10-15)16(3)9-11-6-5-7-12(14)8-11/h5-8H,4,9-10,15H2,1-3H3. The third-order valence-electron chi connectivity index (χ3n) is 3.43. The summed E-state index contributed by atoms with van der Waals surface area (Å²) in [4.78, 5) is 2.29. The monoisotopic (exact) mass is 240 g/mol. The second-order valence-electron chi connectivity index (χ2n) is 4.54. The highest BCUT2D eigenvalue weighted by Gasteiger charge is 2.25. The van der Waals surface area contributed by atoms with Gasteiger partial charge in [0.2, 0.25) is 0 Å². The lowest BCUT2D eigenvalue weighted by Crippen LogP contribution is -2.48. The summed E-state index contributed by atoms with van der Waals surface area (Å²) < 4.78 is 0. The number of rotatable bonds is 5. The second-order valence-corrected chi connectivity index (χ2v) is 4.98. The molecule has 2 N–H and O–H groups in total. The van der Waals surface area contributed by atoms with Gasteiger partial charge >= 0.3 is 0 Å². The Labute approximate surface area is 103 Å². The van der Waals surface area contributed by atoms with Crippen molar-refractivity contribution in [3.63, 3.8) is 0 Å². The van der Waals surface area contributed by atoms with Gasteiger partial charge in [-0.2, -0.15) is 0 Å². The molecule has 0 aliphatic heterocycles. The number of likely N-dealkylation sites (N-methyl/N-ethyl adjacent to an activating group) is 1. The lowest BCUT2D eigenvalue weighted by Gasteiger charge is -2.37. The van der Waals surface area contributed by atoms with Gasteiger partial charge in [0.1, 0.15) is 0 Å². The van der Waals surface area contributed by atoms with Crippen molar-refractivity contribution in [2.75, 3.05) is 13.6 Å². The topological polar surface area (TPSA) is 29.3 Å². The third kappa shape index (κ3) is 3.21. The van der Waals surface area contributed by atoms with Crippen LogP contribution in [0.3, 0.4) is 0 Å². The average Bonchev–Trinajstić information content (AvgIpc) is 2.28. The highest BCUT2D eigenvalue weighted by atomic mass is 35.5. The minimum atomic E-state index is 0.0579. The number of halogens is 1. The van der Waals surface area contributed by atoms with Gasteiger partial charge in [0.25, 0.3) is 0 Å². The van der Waals surface area contributed by atoms with Gasteiger partial charge in [-0.3, -0.25) is 4.90 Å². The molecule has 0 saturated heterocycles. The van der Waals surface area contributed by atoms with Crippen LogP contribution in [-0.2, 0) is 6.54 Å². The van der Waals surface area contributed by atoms with E-state index < -0.39 is 0 Å². The van der Waals surface area contributed by atoms with E-state index in [9.17, 15) is 0 Å². The quantitative estimate of drug-likeness (QED) is 0.858. The Bertz CT molecular complexity index is 334. The molecule has 3 heteroatoms. The van der Waals surface area contributed by atoms with E-state index in [1.807, 2.05) is 18.2 Å². The van der Waals surface area contributed by atoms with Crippen LogP contribution in [0.15, 0.2) is 24.3 Å². The highest BCUT2D eigenvalue weighted by Crippen LogP contribution is 2.20. The molecule has 1 unspecified atom stereocenters. The number of hydrogen-bond donors (Lipinski definition) is 1. The molecule has 0 heterocycles. The summed E-state index contributed by atoms with van der Waals surface area (Å²) in [5, 5.41) is 0.789. The largest absolute Gasteiger partial charge is 0.329 e. The lowest BCUT2D eigenvalue weighted by molar-refractivity contribution is 0.131. The van der Waals surface area contributed by atoms with E-state index in [1.54, 1.807) is 0 Å². The predicted molar refractivity (Wildman–Crippen MR) is 70.7 cm³/mol. The molecule has 90 valence electrons. The number of benzene rings is 1. The van der Waals surface area contributed by atoms with Crippen molar-refractivity contribution in [3.05, 3.63) is 34.9 Å². The summed E-state index contributed by atoms with van der Waals surface area (Å²) in [6, 6.07) is 7.98. The molecule has 2 nitrogen and oxygen atoms in total. The number of nitrogens with two attached hydrogens (primary N) is 1. The fourth-order valence-electron chi connectivity index (χ4n) is 1.67. The van der Waals surface area contributed by atoms with Crippen LogP contribution in [0.5, 0.6) is 0 Å². The first-order valence-corrected chi connectivity index (χ1v) is 6.05. The van der Waals surface area contributed by atoms with Gasteiger partial charge in [0.05, 0.1) is 0 Å². The highest BCUT2D eigenvalue weighted by molar-refractivity contribution is 6.30. The van der Waals surface area contributed by atoms with E-state index in [2.05, 4.69) is 31.9 Å². The van der Waals surface area contributed by atoms with E-state index in [1.165, 1.54) is 5.56 Å². The van der Waals surface area contributed by atoms with Crippen molar-refractivity contribution in [1.82, 2.24) is 4.90 Å². The van der Waals surface area contributed by atoms with Crippen LogP contribution in [0, 0.1) is 0 Å². The summed E-state index contributed by atoms with van der Waals surface area (Å²) in [6.07, 6.45) is 1.04. The Morgan fingerprint density at radius 2 is 2.12 bits per heavy atom. The van der Waals surface area contributed by atoms with Gasteiger partial charge in [-0.05, 0) is 38.1 Å². The van der Waals surface area contributed by atoms with Crippen molar-refractivity contribution in [3.8, 4) is 0 Å². The Hall–Kier alpha value is -0.570. The van der Waals surface area contributed by atoms with Crippen LogP contribution >= 0.6 is 11.6 Å². The Morgan fingerprint density at radius 1 is 1.44 bits per heavy atom. The normalized spacial score (nSPS) is 15.1. The van der Waals surface area contributed by atoms with Crippen LogP contribution in [0.25, 0.3) is 0 Å². The van der Waals surface area contributed by atoms with E-state index in [-0.39, 0.29) is 5.54 Å². The fourth-order valence-corrected chi connectivity index (χ4v) is 1.88. The molecule has 1 rings (SSSR count). The van der Waals surface area contributed by atoms with Crippen LogP contribution < -0.4 is 5.73 Å². The minimum absolute atomic E-state index is 0.0579. The zero-order chi connectivity index (χ0) is 12.2. The molecule has 1 atom stereocenters. The first kappa shape index (κ1) is 13.5. The molecule has 0 aromatic heterocycles. The van der Waals surface area contributed by atoms with Crippen LogP contribution in [0.4, 0.5) is 0 Å². The zero-order valence-electron chi connectivity index (χ0n) is 10.3. The van der Waals surface area contributed by atoms with Gasteiger partial charge < -0.3 is 5.73 Å². The van der Waals surface area contributed by atoms with Crippen molar-refractivity contribution in [2.45, 2.75) is 32.4 Å². The Kier molecular flexibility index (Phi) is 4.78. The minimum Gasteiger partial charge on any atom is -0.329 e. The van der Waals surface area contributed by atoms with E-state index in [0.29, 0.717) is 6.54 Å². The van der Waals surface area contributed by atoms with Crippen LogP contribution in [-0.4, -0.2) is 24.0 Å². The number of hydrogen-bond acceptors (Lipinski definition) is 2. The Balaban J connectivity index is 2.74. The van der Waals surface area contributed by atoms with E-state index >= 15 is 0 Å². The summed E-state index contributed by atoms with van der Waals surface area (Å²) in [5.41, 5.74) is 7.12. The van der Waals surface area contributed by atoms with Gasteiger partial charge in [0, 0.05) is 23.7 Å². The molecule has 0 bridgehead atoms. The van der Waals surface area contributed by atoms with E-state index in [4.69, 9.17) is 17.3 Å². The van der Waals surface area contributed by atoms with Gasteiger partial charge in [-0.15, -0.1) is 0 Å². The molecule has 0 spiro atoms. The summed E-state index contributed by atoms with van der Waals surface area (Å²) in [5.74, 6) is 0. The molecule has 0 amide bonds. The van der Waals surface area contributed by atoms with Crippen LogP contribution in [0.1, 0.15) is 25.8 Å². The van der Waals surface area contributed by atoms with Gasteiger partial charge in [-0.25, -0.2) is 0 Å². The molecular formula is C13H21ClN2. The molecular weight excluding hydrogens is 220 g/mol. The molecule has 1 aromatic rings. The molecule has 0 fully saturated rings. The summed E-state index contributed by atoms with van der Waals surface area (Å²) >= 11 is 5.97. The maximum absolute atomic E-state index is 5.97. The van der Waals surface area contributed by atoms with Crippen molar-refractivity contribution in [2.24, 2.45) is 5.73 Å². The van der Waals surface area contributed by atoms with Gasteiger partial charge in [0.15, 0.2) is 0 Å².